The zero-order valence-electron chi connectivity index (χ0n) is 12.3. The van der Waals surface area contributed by atoms with Gasteiger partial charge in [0.2, 0.25) is 5.91 Å². The highest BCUT2D eigenvalue weighted by molar-refractivity contribution is 7.16. The molecule has 3 rings (SSSR count). The molecule has 1 aliphatic heterocycles. The number of carboxylic acid groups (broad SMARTS) is 1. The van der Waals surface area contributed by atoms with Gasteiger partial charge in [-0.2, -0.15) is 0 Å². The second-order valence-corrected chi connectivity index (χ2v) is 6.21. The first-order chi connectivity index (χ1) is 11.0. The number of carbonyl (C=O) groups excluding carboxylic acids is 1. The Morgan fingerprint density at radius 1 is 1.52 bits per heavy atom. The van der Waals surface area contributed by atoms with E-state index < -0.39 is 17.9 Å². The summed E-state index contributed by atoms with van der Waals surface area (Å²) in [7, 11) is 1.48. The summed E-state index contributed by atoms with van der Waals surface area (Å²) < 4.78 is 6.36. The van der Waals surface area contributed by atoms with Gasteiger partial charge in [0, 0.05) is 20.1 Å². The van der Waals surface area contributed by atoms with Gasteiger partial charge in [0.25, 0.3) is 5.56 Å². The van der Waals surface area contributed by atoms with Gasteiger partial charge in [0.1, 0.15) is 17.4 Å². The minimum absolute atomic E-state index is 0.204. The standard InChI is InChI=1S/C14H15N3O5S/c1-22-8-4-10(14(20)21)17(5-8)11(18)6-16-7-15-12-9(13(16)19)2-3-23-12/h2-3,7-8,10H,4-6H2,1H3,(H,20,21). The maximum absolute atomic E-state index is 12.4. The van der Waals surface area contributed by atoms with Gasteiger partial charge in [-0.1, -0.05) is 0 Å². The van der Waals surface area contributed by atoms with Crippen molar-refractivity contribution in [3.63, 3.8) is 0 Å². The number of fused-ring (bicyclic) bond motifs is 1. The van der Waals surface area contributed by atoms with Crippen molar-refractivity contribution >= 4 is 33.4 Å². The lowest BCUT2D eigenvalue weighted by Crippen LogP contribution is -2.43. The quantitative estimate of drug-likeness (QED) is 0.853. The number of aromatic nitrogens is 2. The zero-order valence-corrected chi connectivity index (χ0v) is 13.2. The lowest BCUT2D eigenvalue weighted by atomic mass is 10.2. The summed E-state index contributed by atoms with van der Waals surface area (Å²) in [5.74, 6) is -1.51. The van der Waals surface area contributed by atoms with E-state index in [0.717, 1.165) is 0 Å². The Morgan fingerprint density at radius 3 is 3.00 bits per heavy atom. The Morgan fingerprint density at radius 2 is 2.30 bits per heavy atom. The van der Waals surface area contributed by atoms with Crippen LogP contribution >= 0.6 is 11.3 Å². The summed E-state index contributed by atoms with van der Waals surface area (Å²) in [6, 6.07) is 0.730. The summed E-state index contributed by atoms with van der Waals surface area (Å²) in [6.07, 6.45) is 1.25. The molecule has 23 heavy (non-hydrogen) atoms. The minimum atomic E-state index is -1.07. The summed E-state index contributed by atoms with van der Waals surface area (Å²) in [5, 5.41) is 11.5. The van der Waals surface area contributed by atoms with E-state index in [1.807, 2.05) is 0 Å². The largest absolute Gasteiger partial charge is 0.480 e. The van der Waals surface area contributed by atoms with Gasteiger partial charge in [-0.05, 0) is 11.4 Å². The molecule has 2 atom stereocenters. The van der Waals surface area contributed by atoms with Crippen LogP contribution in [-0.4, -0.2) is 57.2 Å². The second kappa shape index (κ2) is 6.09. The highest BCUT2D eigenvalue weighted by atomic mass is 32.1. The normalized spacial score (nSPS) is 21.0. The van der Waals surface area contributed by atoms with Crippen LogP contribution in [0.5, 0.6) is 0 Å². The van der Waals surface area contributed by atoms with Crippen LogP contribution in [0.15, 0.2) is 22.6 Å². The predicted octanol–water partition coefficient (Wildman–Crippen LogP) is 0.158. The fourth-order valence-electron chi connectivity index (χ4n) is 2.72. The number of likely N-dealkylation sites (tertiary alicyclic amines) is 1. The molecule has 1 amide bonds. The number of nitrogens with zero attached hydrogens (tertiary/aromatic N) is 3. The first-order valence-electron chi connectivity index (χ1n) is 6.99. The molecule has 0 aliphatic carbocycles. The number of carboxylic acids is 1. The number of ether oxygens (including phenoxy) is 1. The molecule has 1 fully saturated rings. The summed E-state index contributed by atoms with van der Waals surface area (Å²) in [6.45, 7) is -0.0347. The molecule has 1 saturated heterocycles. The van der Waals surface area contributed by atoms with Crippen LogP contribution in [0, 0.1) is 0 Å². The van der Waals surface area contributed by atoms with Crippen molar-refractivity contribution in [1.29, 1.82) is 0 Å². The third-order valence-corrected chi connectivity index (χ3v) is 4.78. The number of rotatable bonds is 4. The van der Waals surface area contributed by atoms with Gasteiger partial charge in [-0.3, -0.25) is 14.2 Å². The van der Waals surface area contributed by atoms with Crippen molar-refractivity contribution in [2.75, 3.05) is 13.7 Å². The fraction of sp³-hybridized carbons (Fsp3) is 0.429. The molecule has 1 aliphatic rings. The first kappa shape index (κ1) is 15.6. The van der Waals surface area contributed by atoms with Crippen molar-refractivity contribution in [1.82, 2.24) is 14.5 Å². The molecule has 0 bridgehead atoms. The first-order valence-corrected chi connectivity index (χ1v) is 7.87. The Kier molecular flexibility index (Phi) is 4.14. The molecule has 0 saturated carbocycles. The summed E-state index contributed by atoms with van der Waals surface area (Å²) in [4.78, 5) is 42.0. The number of aliphatic carboxylic acids is 1. The van der Waals surface area contributed by atoms with Crippen molar-refractivity contribution in [3.05, 3.63) is 28.1 Å². The van der Waals surface area contributed by atoms with Crippen molar-refractivity contribution in [3.8, 4) is 0 Å². The van der Waals surface area contributed by atoms with E-state index in [2.05, 4.69) is 4.98 Å². The van der Waals surface area contributed by atoms with Gasteiger partial charge < -0.3 is 14.7 Å². The van der Waals surface area contributed by atoms with Gasteiger partial charge in [-0.15, -0.1) is 11.3 Å². The minimum Gasteiger partial charge on any atom is -0.480 e. The number of carbonyl (C=O) groups is 2. The Balaban J connectivity index is 1.83. The average Bonchev–Trinajstić information content (AvgIpc) is 3.16. The predicted molar refractivity (Wildman–Crippen MR) is 82.4 cm³/mol. The van der Waals surface area contributed by atoms with Gasteiger partial charge in [0.15, 0.2) is 0 Å². The van der Waals surface area contributed by atoms with Crippen LogP contribution in [0.2, 0.25) is 0 Å². The van der Waals surface area contributed by atoms with Gasteiger partial charge in [0.05, 0.1) is 17.8 Å². The number of amides is 1. The van der Waals surface area contributed by atoms with Crippen LogP contribution in [0.1, 0.15) is 6.42 Å². The molecule has 3 heterocycles. The van der Waals surface area contributed by atoms with Crippen molar-refractivity contribution < 1.29 is 19.4 Å². The molecule has 8 nitrogen and oxygen atoms in total. The maximum Gasteiger partial charge on any atom is 0.326 e. The van der Waals surface area contributed by atoms with Crippen LogP contribution in [0.25, 0.3) is 10.2 Å². The van der Waals surface area contributed by atoms with Crippen LogP contribution < -0.4 is 5.56 Å². The zero-order chi connectivity index (χ0) is 16.6. The maximum atomic E-state index is 12.4. The Hall–Kier alpha value is -2.26. The highest BCUT2D eigenvalue weighted by Gasteiger charge is 2.39. The third-order valence-electron chi connectivity index (χ3n) is 3.96. The Bertz CT molecular complexity index is 814. The average molecular weight is 337 g/mol. The van der Waals surface area contributed by atoms with Crippen molar-refractivity contribution in [2.24, 2.45) is 0 Å². The smallest absolute Gasteiger partial charge is 0.326 e. The van der Waals surface area contributed by atoms with Crippen LogP contribution in [0.4, 0.5) is 0 Å². The summed E-state index contributed by atoms with van der Waals surface area (Å²) in [5.41, 5.74) is -0.307. The van der Waals surface area contributed by atoms with Crippen molar-refractivity contribution in [2.45, 2.75) is 25.1 Å². The summed E-state index contributed by atoms with van der Waals surface area (Å²) >= 11 is 1.35. The van der Waals surface area contributed by atoms with Crippen LogP contribution in [-0.2, 0) is 20.9 Å². The Labute approximate surface area is 134 Å². The van der Waals surface area contributed by atoms with E-state index in [1.54, 1.807) is 11.4 Å². The molecular weight excluding hydrogens is 322 g/mol. The molecule has 0 radical (unpaired) electrons. The highest BCUT2D eigenvalue weighted by Crippen LogP contribution is 2.21. The molecule has 9 heteroatoms. The second-order valence-electron chi connectivity index (χ2n) is 5.31. The number of thiophene rings is 1. The fourth-order valence-corrected chi connectivity index (χ4v) is 3.44. The molecular formula is C14H15N3O5S. The monoisotopic (exact) mass is 337 g/mol. The molecule has 2 unspecified atom stereocenters. The van der Waals surface area contributed by atoms with E-state index in [9.17, 15) is 19.5 Å². The van der Waals surface area contributed by atoms with E-state index in [-0.39, 0.29) is 31.2 Å². The molecule has 1 N–H and O–H groups in total. The SMILES string of the molecule is COC1CC(C(=O)O)N(C(=O)Cn2cnc3sccc3c2=O)C1. The lowest BCUT2D eigenvalue weighted by Gasteiger charge is -2.21. The molecule has 122 valence electrons. The van der Waals surface area contributed by atoms with E-state index in [4.69, 9.17) is 4.74 Å². The topological polar surface area (TPSA) is 102 Å². The molecule has 0 aromatic carbocycles. The molecule has 2 aromatic heterocycles. The van der Waals surface area contributed by atoms with E-state index in [0.29, 0.717) is 10.2 Å². The molecule has 0 spiro atoms. The van der Waals surface area contributed by atoms with E-state index >= 15 is 0 Å². The van der Waals surface area contributed by atoms with Gasteiger partial charge >= 0.3 is 5.97 Å². The van der Waals surface area contributed by atoms with Crippen LogP contribution in [0.3, 0.4) is 0 Å². The van der Waals surface area contributed by atoms with Gasteiger partial charge in [-0.25, -0.2) is 9.78 Å². The lowest BCUT2D eigenvalue weighted by molar-refractivity contribution is -0.148. The molecule has 2 aromatic rings. The number of methoxy groups -OCH3 is 1. The number of hydrogen-bond donors (Lipinski definition) is 1. The number of hydrogen-bond acceptors (Lipinski definition) is 6. The third kappa shape index (κ3) is 2.84. The van der Waals surface area contributed by atoms with E-state index in [1.165, 1.54) is 34.2 Å².